The van der Waals surface area contributed by atoms with Crippen molar-refractivity contribution < 1.29 is 10.2 Å². The maximum Gasteiger partial charge on any atom is 0.0811 e. The lowest BCUT2D eigenvalue weighted by Crippen LogP contribution is -2.14. The molecular formula is C15H24O2. The predicted molar refractivity (Wildman–Crippen MR) is 71.1 cm³/mol. The van der Waals surface area contributed by atoms with Crippen LogP contribution in [0.5, 0.6) is 0 Å². The minimum absolute atomic E-state index is 0.168. The van der Waals surface area contributed by atoms with Gasteiger partial charge in [-0.15, -0.1) is 0 Å². The standard InChI is InChI=1S/C15H24O2/c1-2-3-4-5-6-13-7-9-14(10-8-13)11-15(17)12-16/h7-10,15-17H,2-6,11-12H2,1H3. The molecule has 0 bridgehead atoms. The summed E-state index contributed by atoms with van der Waals surface area (Å²) in [6, 6.07) is 8.36. The molecule has 0 aliphatic carbocycles. The summed E-state index contributed by atoms with van der Waals surface area (Å²) in [5.41, 5.74) is 2.45. The highest BCUT2D eigenvalue weighted by molar-refractivity contribution is 5.23. The number of hydrogen-bond donors (Lipinski definition) is 2. The summed E-state index contributed by atoms with van der Waals surface area (Å²) in [7, 11) is 0. The van der Waals surface area contributed by atoms with Crippen LogP contribution in [-0.4, -0.2) is 22.9 Å². The lowest BCUT2D eigenvalue weighted by Gasteiger charge is -2.08. The fourth-order valence-corrected chi connectivity index (χ4v) is 1.93. The molecule has 0 radical (unpaired) electrons. The Morgan fingerprint density at radius 1 is 1.00 bits per heavy atom. The van der Waals surface area contributed by atoms with E-state index in [4.69, 9.17) is 5.11 Å². The molecule has 0 saturated carbocycles. The molecule has 2 N–H and O–H groups in total. The molecular weight excluding hydrogens is 212 g/mol. The third-order valence-corrected chi connectivity index (χ3v) is 3.02. The zero-order valence-corrected chi connectivity index (χ0v) is 10.7. The first-order chi connectivity index (χ1) is 8.26. The highest BCUT2D eigenvalue weighted by Gasteiger charge is 2.03. The normalized spacial score (nSPS) is 12.6. The number of aryl methyl sites for hydroxylation is 1. The van der Waals surface area contributed by atoms with Crippen molar-refractivity contribution in [1.82, 2.24) is 0 Å². The number of aliphatic hydroxyl groups is 2. The molecule has 1 unspecified atom stereocenters. The molecule has 2 nitrogen and oxygen atoms in total. The van der Waals surface area contributed by atoms with Crippen LogP contribution in [0.25, 0.3) is 0 Å². The van der Waals surface area contributed by atoms with Gasteiger partial charge in [-0.05, 0) is 24.0 Å². The highest BCUT2D eigenvalue weighted by Crippen LogP contribution is 2.11. The molecule has 17 heavy (non-hydrogen) atoms. The predicted octanol–water partition coefficient (Wildman–Crippen LogP) is 2.71. The fraction of sp³-hybridized carbons (Fsp3) is 0.600. The number of benzene rings is 1. The van der Waals surface area contributed by atoms with Crippen molar-refractivity contribution in [2.75, 3.05) is 6.61 Å². The Morgan fingerprint density at radius 2 is 1.65 bits per heavy atom. The van der Waals surface area contributed by atoms with Gasteiger partial charge in [0, 0.05) is 6.42 Å². The van der Waals surface area contributed by atoms with Crippen LogP contribution in [0.4, 0.5) is 0 Å². The molecule has 0 aromatic heterocycles. The van der Waals surface area contributed by atoms with E-state index in [1.807, 2.05) is 12.1 Å². The van der Waals surface area contributed by atoms with Gasteiger partial charge in [-0.3, -0.25) is 0 Å². The Labute approximate surface area is 104 Å². The lowest BCUT2D eigenvalue weighted by atomic mass is 10.0. The van der Waals surface area contributed by atoms with Crippen LogP contribution in [0.3, 0.4) is 0 Å². The van der Waals surface area contributed by atoms with Gasteiger partial charge in [0.15, 0.2) is 0 Å². The first-order valence-electron chi connectivity index (χ1n) is 6.63. The van der Waals surface area contributed by atoms with E-state index in [0.717, 1.165) is 12.0 Å². The van der Waals surface area contributed by atoms with Gasteiger partial charge in [0.1, 0.15) is 0 Å². The molecule has 0 saturated heterocycles. The van der Waals surface area contributed by atoms with Crippen molar-refractivity contribution in [3.05, 3.63) is 35.4 Å². The minimum Gasteiger partial charge on any atom is -0.394 e. The third kappa shape index (κ3) is 5.85. The Morgan fingerprint density at radius 3 is 2.24 bits per heavy atom. The molecule has 0 heterocycles. The summed E-state index contributed by atoms with van der Waals surface area (Å²) >= 11 is 0. The minimum atomic E-state index is -0.634. The average molecular weight is 236 g/mol. The van der Waals surface area contributed by atoms with E-state index in [2.05, 4.69) is 19.1 Å². The Hall–Kier alpha value is -0.860. The third-order valence-electron chi connectivity index (χ3n) is 3.02. The van der Waals surface area contributed by atoms with Crippen molar-refractivity contribution in [3.63, 3.8) is 0 Å². The summed E-state index contributed by atoms with van der Waals surface area (Å²) in [5, 5.41) is 18.1. The summed E-state index contributed by atoms with van der Waals surface area (Å²) < 4.78 is 0. The smallest absolute Gasteiger partial charge is 0.0811 e. The Bertz CT molecular complexity index is 292. The van der Waals surface area contributed by atoms with Gasteiger partial charge in [-0.25, -0.2) is 0 Å². The van der Waals surface area contributed by atoms with Crippen LogP contribution in [-0.2, 0) is 12.8 Å². The van der Waals surface area contributed by atoms with Crippen LogP contribution in [0.1, 0.15) is 43.7 Å². The van der Waals surface area contributed by atoms with Gasteiger partial charge in [-0.2, -0.15) is 0 Å². The average Bonchev–Trinajstić information content (AvgIpc) is 2.36. The van der Waals surface area contributed by atoms with Crippen LogP contribution in [0.2, 0.25) is 0 Å². The van der Waals surface area contributed by atoms with Gasteiger partial charge in [0.05, 0.1) is 12.7 Å². The number of aliphatic hydroxyl groups excluding tert-OH is 2. The molecule has 1 aromatic carbocycles. The topological polar surface area (TPSA) is 40.5 Å². The summed E-state index contributed by atoms with van der Waals surface area (Å²) in [5.74, 6) is 0. The largest absolute Gasteiger partial charge is 0.394 e. The molecule has 0 amide bonds. The highest BCUT2D eigenvalue weighted by atomic mass is 16.3. The zero-order valence-electron chi connectivity index (χ0n) is 10.7. The van der Waals surface area contributed by atoms with Crippen molar-refractivity contribution in [2.24, 2.45) is 0 Å². The van der Waals surface area contributed by atoms with E-state index in [9.17, 15) is 5.11 Å². The molecule has 0 spiro atoms. The SMILES string of the molecule is CCCCCCc1ccc(CC(O)CO)cc1. The van der Waals surface area contributed by atoms with Gasteiger partial charge in [-0.1, -0.05) is 50.5 Å². The molecule has 0 aliphatic heterocycles. The number of hydrogen-bond acceptors (Lipinski definition) is 2. The van der Waals surface area contributed by atoms with Crippen molar-refractivity contribution in [2.45, 2.75) is 51.6 Å². The quantitative estimate of drug-likeness (QED) is 0.681. The molecule has 0 aliphatic rings. The van der Waals surface area contributed by atoms with Crippen LogP contribution < -0.4 is 0 Å². The first kappa shape index (κ1) is 14.2. The Balaban J connectivity index is 2.34. The number of unbranched alkanes of at least 4 members (excludes halogenated alkanes) is 3. The summed E-state index contributed by atoms with van der Waals surface area (Å²) in [4.78, 5) is 0. The van der Waals surface area contributed by atoms with Gasteiger partial charge in [0.25, 0.3) is 0 Å². The molecule has 1 rings (SSSR count). The fourth-order valence-electron chi connectivity index (χ4n) is 1.93. The van der Waals surface area contributed by atoms with E-state index in [1.54, 1.807) is 0 Å². The zero-order chi connectivity index (χ0) is 12.5. The molecule has 1 aromatic rings. The number of rotatable bonds is 8. The van der Waals surface area contributed by atoms with Crippen molar-refractivity contribution >= 4 is 0 Å². The monoisotopic (exact) mass is 236 g/mol. The first-order valence-corrected chi connectivity index (χ1v) is 6.63. The van der Waals surface area contributed by atoms with E-state index < -0.39 is 6.10 Å². The molecule has 96 valence electrons. The van der Waals surface area contributed by atoms with Gasteiger partial charge < -0.3 is 10.2 Å². The second kappa shape index (κ2) is 8.26. The summed E-state index contributed by atoms with van der Waals surface area (Å²) in [6.07, 6.45) is 6.20. The van der Waals surface area contributed by atoms with Crippen molar-refractivity contribution in [1.29, 1.82) is 0 Å². The second-order valence-electron chi connectivity index (χ2n) is 4.67. The maximum absolute atomic E-state index is 9.33. The van der Waals surface area contributed by atoms with Gasteiger partial charge >= 0.3 is 0 Å². The van der Waals surface area contributed by atoms with E-state index in [0.29, 0.717) is 6.42 Å². The lowest BCUT2D eigenvalue weighted by molar-refractivity contribution is 0.0955. The summed E-state index contributed by atoms with van der Waals surface area (Å²) in [6.45, 7) is 2.06. The molecule has 2 heteroatoms. The van der Waals surface area contributed by atoms with Crippen molar-refractivity contribution in [3.8, 4) is 0 Å². The van der Waals surface area contributed by atoms with E-state index >= 15 is 0 Å². The maximum atomic E-state index is 9.33. The molecule has 0 fully saturated rings. The van der Waals surface area contributed by atoms with Crippen LogP contribution in [0.15, 0.2) is 24.3 Å². The Kier molecular flexibility index (Phi) is 6.90. The van der Waals surface area contributed by atoms with Gasteiger partial charge in [0.2, 0.25) is 0 Å². The second-order valence-corrected chi connectivity index (χ2v) is 4.67. The van der Waals surface area contributed by atoms with E-state index in [-0.39, 0.29) is 6.61 Å². The van der Waals surface area contributed by atoms with E-state index in [1.165, 1.54) is 31.2 Å². The molecule has 1 atom stereocenters. The van der Waals surface area contributed by atoms with Crippen LogP contribution >= 0.6 is 0 Å². The van der Waals surface area contributed by atoms with Crippen LogP contribution in [0, 0.1) is 0 Å².